The Labute approximate surface area is 154 Å². The number of sulfonamides is 1. The van der Waals surface area contributed by atoms with E-state index in [0.29, 0.717) is 19.7 Å². The quantitative estimate of drug-likeness (QED) is 0.698. The largest absolute Gasteiger partial charge is 0.381 e. The van der Waals surface area contributed by atoms with Crippen molar-refractivity contribution < 1.29 is 13.2 Å². The Morgan fingerprint density at radius 2 is 2.04 bits per heavy atom. The van der Waals surface area contributed by atoms with Crippen LogP contribution in [0, 0.1) is 11.8 Å². The van der Waals surface area contributed by atoms with Gasteiger partial charge in [-0.3, -0.25) is 4.98 Å². The van der Waals surface area contributed by atoms with Crippen LogP contribution in [-0.4, -0.2) is 42.0 Å². The van der Waals surface area contributed by atoms with Gasteiger partial charge < -0.3 is 9.30 Å². The van der Waals surface area contributed by atoms with Gasteiger partial charge in [0.15, 0.2) is 0 Å². The number of fused-ring (bicyclic) bond motifs is 1. The highest BCUT2D eigenvalue weighted by Gasteiger charge is 2.31. The molecule has 140 valence electrons. The Morgan fingerprint density at radius 1 is 1.15 bits per heavy atom. The molecule has 7 heteroatoms. The zero-order valence-corrected chi connectivity index (χ0v) is 15.6. The lowest BCUT2D eigenvalue weighted by molar-refractivity contribution is 0.106. The van der Waals surface area contributed by atoms with Gasteiger partial charge in [0.05, 0.1) is 6.54 Å². The molecule has 0 unspecified atom stereocenters. The van der Waals surface area contributed by atoms with Gasteiger partial charge in [-0.25, -0.2) is 8.42 Å². The highest BCUT2D eigenvalue weighted by Crippen LogP contribution is 2.29. The van der Waals surface area contributed by atoms with E-state index in [2.05, 4.69) is 9.55 Å². The normalized spacial score (nSPS) is 21.3. The zero-order chi connectivity index (χ0) is 18.0. The van der Waals surface area contributed by atoms with E-state index in [1.807, 2.05) is 18.3 Å². The van der Waals surface area contributed by atoms with Gasteiger partial charge in [0.2, 0.25) is 10.0 Å². The average molecular weight is 375 g/mol. The van der Waals surface area contributed by atoms with Gasteiger partial charge in [-0.15, -0.1) is 0 Å². The minimum Gasteiger partial charge on any atom is -0.381 e. The molecule has 1 aliphatic heterocycles. The first-order valence-corrected chi connectivity index (χ1v) is 10.7. The highest BCUT2D eigenvalue weighted by atomic mass is 32.2. The summed E-state index contributed by atoms with van der Waals surface area (Å²) in [6, 6.07) is 7.25. The summed E-state index contributed by atoms with van der Waals surface area (Å²) in [5.41, 5.74) is 1.03. The fraction of sp³-hybridized carbons (Fsp3) is 0.526. The molecule has 0 bridgehead atoms. The minimum atomic E-state index is -3.56. The lowest BCUT2D eigenvalue weighted by Crippen LogP contribution is -2.34. The molecule has 0 aromatic carbocycles. The van der Waals surface area contributed by atoms with Gasteiger partial charge in [-0.05, 0) is 55.4 Å². The molecule has 2 aromatic heterocycles. The number of pyridine rings is 1. The third kappa shape index (κ3) is 4.00. The summed E-state index contributed by atoms with van der Waals surface area (Å²) in [5, 5.41) is 0. The molecule has 26 heavy (non-hydrogen) atoms. The molecule has 2 aromatic rings. The Kier molecular flexibility index (Phi) is 5.11. The Bertz CT molecular complexity index is 831. The molecule has 0 amide bonds. The van der Waals surface area contributed by atoms with Crippen molar-refractivity contribution in [3.63, 3.8) is 0 Å². The maximum Gasteiger partial charge on any atom is 0.244 e. The van der Waals surface area contributed by atoms with Gasteiger partial charge >= 0.3 is 0 Å². The van der Waals surface area contributed by atoms with Crippen LogP contribution >= 0.6 is 0 Å². The van der Waals surface area contributed by atoms with Gasteiger partial charge in [-0.1, -0.05) is 0 Å². The van der Waals surface area contributed by atoms with Crippen molar-refractivity contribution in [2.45, 2.75) is 37.2 Å². The van der Waals surface area contributed by atoms with Crippen LogP contribution in [0.15, 0.2) is 47.8 Å². The molecule has 6 nitrogen and oxygen atoms in total. The number of hydrogen-bond donors (Lipinski definition) is 0. The topological polar surface area (TPSA) is 64.4 Å². The van der Waals surface area contributed by atoms with Gasteiger partial charge in [0, 0.05) is 50.6 Å². The van der Waals surface area contributed by atoms with Crippen LogP contribution in [0.3, 0.4) is 0 Å². The second-order valence-electron chi connectivity index (χ2n) is 7.31. The zero-order valence-electron chi connectivity index (χ0n) is 14.8. The van der Waals surface area contributed by atoms with Crippen LogP contribution in [0.25, 0.3) is 0 Å². The lowest BCUT2D eigenvalue weighted by Gasteiger charge is -2.23. The molecule has 1 saturated carbocycles. The second-order valence-corrected chi connectivity index (χ2v) is 9.25. The van der Waals surface area contributed by atoms with E-state index in [0.717, 1.165) is 31.2 Å². The van der Waals surface area contributed by atoms with E-state index in [1.165, 1.54) is 19.0 Å². The van der Waals surface area contributed by atoms with E-state index in [-0.39, 0.29) is 10.8 Å². The van der Waals surface area contributed by atoms with Crippen molar-refractivity contribution in [2.75, 3.05) is 19.8 Å². The molecule has 1 atom stereocenters. The van der Waals surface area contributed by atoms with Crippen molar-refractivity contribution in [1.82, 2.24) is 13.9 Å². The predicted molar refractivity (Wildman–Crippen MR) is 97.9 cm³/mol. The molecule has 1 aliphatic carbocycles. The van der Waals surface area contributed by atoms with Gasteiger partial charge in [-0.2, -0.15) is 4.31 Å². The Balaban J connectivity index is 1.50. The highest BCUT2D eigenvalue weighted by molar-refractivity contribution is 7.89. The summed E-state index contributed by atoms with van der Waals surface area (Å²) in [5.74, 6) is 0.983. The first-order chi connectivity index (χ1) is 12.6. The maximum absolute atomic E-state index is 13.1. The molecule has 3 heterocycles. The standard InChI is InChI=1S/C19H25N3O3S/c23-26(24,19-4-1-8-20-11-19)22-13-17(7-10-25-15-16-5-6-16)12-21-9-2-3-18(21)14-22/h1-4,8-9,11,16-17H,5-7,10,12-15H2/t17-/m0/s1. The molecular formula is C19H25N3O3S. The minimum absolute atomic E-state index is 0.231. The summed E-state index contributed by atoms with van der Waals surface area (Å²) < 4.78 is 35.7. The van der Waals surface area contributed by atoms with E-state index >= 15 is 0 Å². The molecule has 0 spiro atoms. The van der Waals surface area contributed by atoms with E-state index in [9.17, 15) is 8.42 Å². The molecule has 4 rings (SSSR count). The average Bonchev–Trinajstić information content (AvgIpc) is 3.41. The first-order valence-electron chi connectivity index (χ1n) is 9.25. The van der Waals surface area contributed by atoms with Crippen LogP contribution in [0.2, 0.25) is 0 Å². The van der Waals surface area contributed by atoms with Crippen molar-refractivity contribution in [3.8, 4) is 0 Å². The van der Waals surface area contributed by atoms with Crippen molar-refractivity contribution in [3.05, 3.63) is 48.5 Å². The predicted octanol–water partition coefficient (Wildman–Crippen LogP) is 2.52. The number of aromatic nitrogens is 2. The summed E-state index contributed by atoms with van der Waals surface area (Å²) in [7, 11) is -3.56. The van der Waals surface area contributed by atoms with Crippen LogP contribution in [0.4, 0.5) is 0 Å². The number of nitrogens with zero attached hydrogens (tertiary/aromatic N) is 3. The third-order valence-electron chi connectivity index (χ3n) is 5.17. The Morgan fingerprint density at radius 3 is 2.81 bits per heavy atom. The van der Waals surface area contributed by atoms with Crippen LogP contribution in [0.1, 0.15) is 25.0 Å². The van der Waals surface area contributed by atoms with Crippen molar-refractivity contribution >= 4 is 10.0 Å². The second kappa shape index (κ2) is 7.50. The van der Waals surface area contributed by atoms with Crippen LogP contribution in [-0.2, 0) is 27.8 Å². The molecule has 0 N–H and O–H groups in total. The molecule has 0 saturated heterocycles. The summed E-state index contributed by atoms with van der Waals surface area (Å²) in [6.45, 7) is 3.27. The Hall–Kier alpha value is -1.70. The monoisotopic (exact) mass is 375 g/mol. The maximum atomic E-state index is 13.1. The molecular weight excluding hydrogens is 350 g/mol. The molecule has 2 aliphatic rings. The van der Waals surface area contributed by atoms with E-state index in [4.69, 9.17) is 4.74 Å². The van der Waals surface area contributed by atoms with Gasteiger partial charge in [0.25, 0.3) is 0 Å². The van der Waals surface area contributed by atoms with Crippen molar-refractivity contribution in [2.24, 2.45) is 11.8 Å². The fourth-order valence-electron chi connectivity index (χ4n) is 3.44. The molecule has 1 fully saturated rings. The van der Waals surface area contributed by atoms with E-state index in [1.54, 1.807) is 22.6 Å². The lowest BCUT2D eigenvalue weighted by atomic mass is 10.1. The summed E-state index contributed by atoms with van der Waals surface area (Å²) in [6.07, 6.45) is 8.48. The van der Waals surface area contributed by atoms with Crippen LogP contribution < -0.4 is 0 Å². The van der Waals surface area contributed by atoms with Gasteiger partial charge in [0.1, 0.15) is 4.90 Å². The smallest absolute Gasteiger partial charge is 0.244 e. The first kappa shape index (κ1) is 17.7. The number of ether oxygens (including phenoxy) is 1. The van der Waals surface area contributed by atoms with E-state index < -0.39 is 10.0 Å². The SMILES string of the molecule is O=S(=O)(c1cccnc1)N1Cc2cccn2C[C@H](CCOCC2CC2)C1. The molecule has 0 radical (unpaired) electrons. The fourth-order valence-corrected chi connectivity index (χ4v) is 4.89. The van der Waals surface area contributed by atoms with Crippen molar-refractivity contribution in [1.29, 1.82) is 0 Å². The third-order valence-corrected chi connectivity index (χ3v) is 6.97. The summed E-state index contributed by atoms with van der Waals surface area (Å²) >= 11 is 0. The van der Waals surface area contributed by atoms with Crippen LogP contribution in [0.5, 0.6) is 0 Å². The summed E-state index contributed by atoms with van der Waals surface area (Å²) in [4.78, 5) is 4.23. The number of hydrogen-bond acceptors (Lipinski definition) is 4. The number of rotatable bonds is 7.